The molecule has 2 aromatic rings. The van der Waals surface area contributed by atoms with Gasteiger partial charge in [0.15, 0.2) is 5.69 Å². The number of ether oxygens (including phenoxy) is 1. The van der Waals surface area contributed by atoms with E-state index in [1.807, 2.05) is 31.2 Å². The molecule has 0 saturated carbocycles. The molecule has 0 spiro atoms. The summed E-state index contributed by atoms with van der Waals surface area (Å²) in [5.41, 5.74) is 1.89. The molecule has 29 heavy (non-hydrogen) atoms. The van der Waals surface area contributed by atoms with Crippen LogP contribution in [0.1, 0.15) is 51.4 Å². The lowest BCUT2D eigenvalue weighted by Crippen LogP contribution is -2.49. The average Bonchev–Trinajstić information content (AvgIpc) is 3.22. The second-order valence-corrected chi connectivity index (χ2v) is 7.07. The summed E-state index contributed by atoms with van der Waals surface area (Å²) < 4.78 is 5.45. The zero-order chi connectivity index (χ0) is 20.8. The van der Waals surface area contributed by atoms with Gasteiger partial charge in [-0.25, -0.2) is 9.59 Å². The number of hydrogen-bond acceptors (Lipinski definition) is 5. The average molecular weight is 400 g/mol. The van der Waals surface area contributed by atoms with Crippen molar-refractivity contribution in [2.75, 3.05) is 13.1 Å². The van der Waals surface area contributed by atoms with Crippen molar-refractivity contribution >= 4 is 18.0 Å². The molecule has 154 valence electrons. The predicted octanol–water partition coefficient (Wildman–Crippen LogP) is 2.34. The molecule has 0 aliphatic carbocycles. The van der Waals surface area contributed by atoms with Crippen molar-refractivity contribution in [2.45, 2.75) is 38.8 Å². The van der Waals surface area contributed by atoms with Crippen molar-refractivity contribution in [3.63, 3.8) is 0 Å². The van der Waals surface area contributed by atoms with E-state index in [-0.39, 0.29) is 30.6 Å². The highest BCUT2D eigenvalue weighted by molar-refractivity contribution is 5.95. The lowest BCUT2D eigenvalue weighted by atomic mass is 10.0. The minimum absolute atomic E-state index is 0.00768. The Morgan fingerprint density at radius 1 is 1.28 bits per heavy atom. The van der Waals surface area contributed by atoms with Crippen molar-refractivity contribution in [1.82, 2.24) is 20.4 Å². The third-order valence-electron chi connectivity index (χ3n) is 4.88. The summed E-state index contributed by atoms with van der Waals surface area (Å²) in [6, 6.07) is 8.76. The van der Waals surface area contributed by atoms with Gasteiger partial charge in [-0.15, -0.1) is 0 Å². The normalized spacial score (nSPS) is 16.3. The monoisotopic (exact) mass is 400 g/mol. The molecule has 2 heterocycles. The zero-order valence-electron chi connectivity index (χ0n) is 16.2. The number of aromatic nitrogens is 2. The van der Waals surface area contributed by atoms with Crippen LogP contribution in [0.3, 0.4) is 0 Å². The van der Waals surface area contributed by atoms with Crippen LogP contribution in [0.15, 0.2) is 30.3 Å². The maximum absolute atomic E-state index is 12.6. The number of likely N-dealkylation sites (tertiary alicyclic amines) is 1. The number of H-pyrrole nitrogens is 1. The van der Waals surface area contributed by atoms with E-state index < -0.39 is 18.0 Å². The summed E-state index contributed by atoms with van der Waals surface area (Å²) >= 11 is 0. The van der Waals surface area contributed by atoms with Gasteiger partial charge in [0.1, 0.15) is 12.3 Å². The van der Waals surface area contributed by atoms with Crippen molar-refractivity contribution in [1.29, 1.82) is 0 Å². The highest BCUT2D eigenvalue weighted by Crippen LogP contribution is 2.18. The van der Waals surface area contributed by atoms with Crippen LogP contribution in [0.25, 0.3) is 0 Å². The Bertz CT molecular complexity index is 877. The van der Waals surface area contributed by atoms with Gasteiger partial charge in [0, 0.05) is 19.2 Å². The summed E-state index contributed by atoms with van der Waals surface area (Å²) in [5, 5.41) is 17.6. The molecule has 1 aromatic carbocycles. The number of aromatic amines is 1. The summed E-state index contributed by atoms with van der Waals surface area (Å²) in [6.45, 7) is 3.00. The molecule has 1 atom stereocenters. The number of rotatable bonds is 6. The number of nitrogens with one attached hydrogen (secondary N) is 2. The highest BCUT2D eigenvalue weighted by Gasteiger charge is 2.28. The SMILES string of the molecule is Cc1ccc(COC(=O)N2CCCCC2CNC(=O)c2cc(C(=O)O)[nH]n2)cc1. The highest BCUT2D eigenvalue weighted by atomic mass is 16.6. The number of carboxylic acid groups (broad SMARTS) is 1. The number of nitrogens with zero attached hydrogens (tertiary/aromatic N) is 2. The van der Waals surface area contributed by atoms with Gasteiger partial charge in [0.2, 0.25) is 0 Å². The second-order valence-electron chi connectivity index (χ2n) is 7.07. The molecule has 1 aromatic heterocycles. The Kier molecular flexibility index (Phi) is 6.48. The molecular formula is C20H24N4O5. The van der Waals surface area contributed by atoms with Gasteiger partial charge >= 0.3 is 12.1 Å². The number of carbonyl (C=O) groups is 3. The first-order valence-electron chi connectivity index (χ1n) is 9.50. The fourth-order valence-electron chi connectivity index (χ4n) is 3.21. The number of carboxylic acids is 1. The molecule has 9 heteroatoms. The number of aryl methyl sites for hydroxylation is 1. The number of amides is 2. The fraction of sp³-hybridized carbons (Fsp3) is 0.400. The summed E-state index contributed by atoms with van der Waals surface area (Å²) in [6.07, 6.45) is 2.18. The standard InChI is InChI=1S/C20H24N4O5/c1-13-5-7-14(8-6-13)12-29-20(28)24-9-3-2-4-15(24)11-21-18(25)16-10-17(19(26)27)23-22-16/h5-8,10,15H,2-4,9,11-12H2,1H3,(H,21,25)(H,22,23)(H,26,27). The molecule has 3 rings (SSSR count). The third-order valence-corrected chi connectivity index (χ3v) is 4.88. The zero-order valence-corrected chi connectivity index (χ0v) is 16.2. The number of carbonyl (C=O) groups excluding carboxylic acids is 2. The lowest BCUT2D eigenvalue weighted by molar-refractivity contribution is 0.0657. The van der Waals surface area contributed by atoms with E-state index in [1.165, 1.54) is 6.07 Å². The molecule has 1 fully saturated rings. The molecule has 1 aliphatic rings. The van der Waals surface area contributed by atoms with Gasteiger partial charge in [0.25, 0.3) is 5.91 Å². The fourth-order valence-corrected chi connectivity index (χ4v) is 3.21. The van der Waals surface area contributed by atoms with Crippen LogP contribution in [0.5, 0.6) is 0 Å². The van der Waals surface area contributed by atoms with Crippen LogP contribution in [-0.4, -0.2) is 57.3 Å². The van der Waals surface area contributed by atoms with Crippen molar-refractivity contribution in [2.24, 2.45) is 0 Å². The van der Waals surface area contributed by atoms with Gasteiger partial charge in [-0.2, -0.15) is 5.10 Å². The van der Waals surface area contributed by atoms with Crippen LogP contribution in [0, 0.1) is 6.92 Å². The second kappa shape index (κ2) is 9.22. The van der Waals surface area contributed by atoms with Gasteiger partial charge < -0.3 is 20.1 Å². The summed E-state index contributed by atoms with van der Waals surface area (Å²) in [4.78, 5) is 37.3. The topological polar surface area (TPSA) is 125 Å². The maximum atomic E-state index is 12.6. The largest absolute Gasteiger partial charge is 0.477 e. The Balaban J connectivity index is 1.54. The number of piperidine rings is 1. The Morgan fingerprint density at radius 3 is 2.72 bits per heavy atom. The van der Waals surface area contributed by atoms with Crippen LogP contribution in [0.2, 0.25) is 0 Å². The van der Waals surface area contributed by atoms with Crippen molar-refractivity contribution in [3.8, 4) is 0 Å². The van der Waals surface area contributed by atoms with Gasteiger partial charge in [-0.3, -0.25) is 9.89 Å². The van der Waals surface area contributed by atoms with E-state index >= 15 is 0 Å². The molecule has 9 nitrogen and oxygen atoms in total. The van der Waals surface area contributed by atoms with E-state index in [2.05, 4.69) is 15.5 Å². The lowest BCUT2D eigenvalue weighted by Gasteiger charge is -2.34. The van der Waals surface area contributed by atoms with Gasteiger partial charge in [0.05, 0.1) is 6.04 Å². The van der Waals surface area contributed by atoms with E-state index in [0.717, 1.165) is 30.4 Å². The molecule has 1 saturated heterocycles. The minimum Gasteiger partial charge on any atom is -0.477 e. The van der Waals surface area contributed by atoms with Crippen LogP contribution >= 0.6 is 0 Å². The number of hydrogen-bond donors (Lipinski definition) is 3. The van der Waals surface area contributed by atoms with E-state index in [0.29, 0.717) is 6.54 Å². The minimum atomic E-state index is -1.19. The van der Waals surface area contributed by atoms with Crippen LogP contribution < -0.4 is 5.32 Å². The molecule has 0 radical (unpaired) electrons. The summed E-state index contributed by atoms with van der Waals surface area (Å²) in [5.74, 6) is -1.68. The molecule has 2 amide bonds. The van der Waals surface area contributed by atoms with E-state index in [4.69, 9.17) is 9.84 Å². The number of benzene rings is 1. The van der Waals surface area contributed by atoms with E-state index in [1.54, 1.807) is 4.90 Å². The maximum Gasteiger partial charge on any atom is 0.410 e. The first kappa shape index (κ1) is 20.4. The van der Waals surface area contributed by atoms with Crippen LogP contribution in [0.4, 0.5) is 4.79 Å². The number of aromatic carboxylic acids is 1. The molecule has 1 aliphatic heterocycles. The van der Waals surface area contributed by atoms with Gasteiger partial charge in [-0.05, 0) is 31.7 Å². The molecule has 1 unspecified atom stereocenters. The first-order valence-corrected chi connectivity index (χ1v) is 9.50. The third kappa shape index (κ3) is 5.34. The van der Waals surface area contributed by atoms with Crippen molar-refractivity contribution < 1.29 is 24.2 Å². The predicted molar refractivity (Wildman–Crippen MR) is 104 cm³/mol. The Morgan fingerprint density at radius 2 is 2.03 bits per heavy atom. The smallest absolute Gasteiger partial charge is 0.410 e. The quantitative estimate of drug-likeness (QED) is 0.684. The molecule has 0 bridgehead atoms. The molecule has 3 N–H and O–H groups in total. The van der Waals surface area contributed by atoms with Crippen molar-refractivity contribution in [3.05, 3.63) is 52.8 Å². The van der Waals surface area contributed by atoms with E-state index in [9.17, 15) is 14.4 Å². The Hall–Kier alpha value is -3.36. The first-order chi connectivity index (χ1) is 13.9. The Labute approximate surface area is 168 Å². The van der Waals surface area contributed by atoms with Gasteiger partial charge in [-0.1, -0.05) is 29.8 Å². The molecular weight excluding hydrogens is 376 g/mol. The van der Waals surface area contributed by atoms with Crippen LogP contribution in [-0.2, 0) is 11.3 Å². The summed E-state index contributed by atoms with van der Waals surface area (Å²) in [7, 11) is 0.